The number of carbonyl (C=O) groups excluding carboxylic acids is 1. The summed E-state index contributed by atoms with van der Waals surface area (Å²) in [4.78, 5) is 17.9. The van der Waals surface area contributed by atoms with Crippen LogP contribution in [0.2, 0.25) is 0 Å². The highest BCUT2D eigenvalue weighted by molar-refractivity contribution is 5.76. The van der Waals surface area contributed by atoms with Gasteiger partial charge in [-0.15, -0.1) is 0 Å². The number of likely N-dealkylation sites (tertiary alicyclic amines) is 1. The van der Waals surface area contributed by atoms with Crippen LogP contribution in [0, 0.1) is 5.92 Å². The summed E-state index contributed by atoms with van der Waals surface area (Å²) in [6.07, 6.45) is 9.39. The molecule has 2 heterocycles. The molecule has 1 aliphatic rings. The fraction of sp³-hybridized carbons (Fsp3) is 0.692. The molecule has 1 aromatic heterocycles. The van der Waals surface area contributed by atoms with Crippen LogP contribution in [0.3, 0.4) is 0 Å². The molecule has 4 nitrogen and oxygen atoms in total. The quantitative estimate of drug-likeness (QED) is 0.799. The Morgan fingerprint density at radius 2 is 2.18 bits per heavy atom. The van der Waals surface area contributed by atoms with Gasteiger partial charge in [0, 0.05) is 38.4 Å². The number of amides is 1. The third-order valence-corrected chi connectivity index (χ3v) is 3.50. The van der Waals surface area contributed by atoms with Crippen molar-refractivity contribution in [1.82, 2.24) is 14.5 Å². The van der Waals surface area contributed by atoms with E-state index in [0.29, 0.717) is 12.3 Å². The molecule has 1 aromatic rings. The Labute approximate surface area is 103 Å². The Morgan fingerprint density at radius 1 is 1.41 bits per heavy atom. The second kappa shape index (κ2) is 5.84. The van der Waals surface area contributed by atoms with E-state index in [0.717, 1.165) is 44.8 Å². The molecule has 1 amide bonds. The lowest BCUT2D eigenvalue weighted by molar-refractivity contribution is -0.132. The van der Waals surface area contributed by atoms with E-state index in [1.165, 1.54) is 0 Å². The van der Waals surface area contributed by atoms with Gasteiger partial charge in [0.1, 0.15) is 0 Å². The number of aromatic nitrogens is 2. The first-order valence-electron chi connectivity index (χ1n) is 6.49. The third-order valence-electron chi connectivity index (χ3n) is 3.50. The summed E-state index contributed by atoms with van der Waals surface area (Å²) in [5.41, 5.74) is 0. The van der Waals surface area contributed by atoms with Crippen LogP contribution in [0.1, 0.15) is 32.6 Å². The molecule has 2 rings (SSSR count). The summed E-state index contributed by atoms with van der Waals surface area (Å²) in [7, 11) is 0. The first kappa shape index (κ1) is 12.1. The fourth-order valence-corrected chi connectivity index (χ4v) is 2.25. The van der Waals surface area contributed by atoms with Gasteiger partial charge in [0.05, 0.1) is 6.33 Å². The lowest BCUT2D eigenvalue weighted by Gasteiger charge is -2.30. The van der Waals surface area contributed by atoms with Gasteiger partial charge in [-0.1, -0.05) is 6.92 Å². The molecule has 4 heteroatoms. The number of nitrogens with zero attached hydrogens (tertiary/aromatic N) is 3. The second-order valence-electron chi connectivity index (χ2n) is 4.97. The van der Waals surface area contributed by atoms with Crippen molar-refractivity contribution in [2.75, 3.05) is 13.1 Å². The first-order valence-corrected chi connectivity index (χ1v) is 6.49. The molecule has 0 aliphatic carbocycles. The highest BCUT2D eigenvalue weighted by Gasteiger charge is 2.19. The number of rotatable bonds is 4. The molecular formula is C13H21N3O. The number of imidazole rings is 1. The van der Waals surface area contributed by atoms with Gasteiger partial charge in [0.2, 0.25) is 5.91 Å². The van der Waals surface area contributed by atoms with Gasteiger partial charge in [0.15, 0.2) is 0 Å². The minimum absolute atomic E-state index is 0.317. The number of carbonyl (C=O) groups is 1. The predicted octanol–water partition coefficient (Wildman–Crippen LogP) is 1.92. The van der Waals surface area contributed by atoms with E-state index in [2.05, 4.69) is 11.9 Å². The van der Waals surface area contributed by atoms with Crippen LogP contribution < -0.4 is 0 Å². The van der Waals surface area contributed by atoms with Gasteiger partial charge in [0.25, 0.3) is 0 Å². The standard InChI is InChI=1S/C13H21N3O/c1-12-4-8-16(9-5-12)13(17)3-2-7-15-10-6-14-11-15/h6,10-12H,2-5,7-9H2,1H3. The smallest absolute Gasteiger partial charge is 0.222 e. The maximum absolute atomic E-state index is 11.9. The van der Waals surface area contributed by atoms with Gasteiger partial charge in [-0.05, 0) is 25.2 Å². The minimum Gasteiger partial charge on any atom is -0.343 e. The van der Waals surface area contributed by atoms with Crippen molar-refractivity contribution in [3.8, 4) is 0 Å². The largest absolute Gasteiger partial charge is 0.343 e. The van der Waals surface area contributed by atoms with Crippen LogP contribution in [0.5, 0.6) is 0 Å². The van der Waals surface area contributed by atoms with Gasteiger partial charge in [-0.2, -0.15) is 0 Å². The first-order chi connectivity index (χ1) is 8.25. The van der Waals surface area contributed by atoms with Crippen molar-refractivity contribution in [3.63, 3.8) is 0 Å². The van der Waals surface area contributed by atoms with Crippen LogP contribution in [-0.4, -0.2) is 33.4 Å². The van der Waals surface area contributed by atoms with Gasteiger partial charge >= 0.3 is 0 Å². The van der Waals surface area contributed by atoms with E-state index in [4.69, 9.17) is 0 Å². The van der Waals surface area contributed by atoms with Crippen molar-refractivity contribution in [2.24, 2.45) is 5.92 Å². The van der Waals surface area contributed by atoms with Crippen LogP contribution >= 0.6 is 0 Å². The summed E-state index contributed by atoms with van der Waals surface area (Å²) in [6, 6.07) is 0. The van der Waals surface area contributed by atoms with E-state index in [1.807, 2.05) is 15.7 Å². The average Bonchev–Trinajstić information content (AvgIpc) is 2.83. The Bertz CT molecular complexity index is 340. The monoisotopic (exact) mass is 235 g/mol. The molecule has 0 aromatic carbocycles. The van der Waals surface area contributed by atoms with E-state index in [9.17, 15) is 4.79 Å². The summed E-state index contributed by atoms with van der Waals surface area (Å²) in [5.74, 6) is 1.10. The van der Waals surface area contributed by atoms with E-state index < -0.39 is 0 Å². The minimum atomic E-state index is 0.317. The molecule has 0 saturated carbocycles. The molecule has 1 fully saturated rings. The van der Waals surface area contributed by atoms with Crippen molar-refractivity contribution < 1.29 is 4.79 Å². The van der Waals surface area contributed by atoms with E-state index in [-0.39, 0.29) is 0 Å². The topological polar surface area (TPSA) is 38.1 Å². The Morgan fingerprint density at radius 3 is 2.82 bits per heavy atom. The molecule has 0 radical (unpaired) electrons. The summed E-state index contributed by atoms with van der Waals surface area (Å²) in [6.45, 7) is 5.05. The summed E-state index contributed by atoms with van der Waals surface area (Å²) >= 11 is 0. The lowest BCUT2D eigenvalue weighted by Crippen LogP contribution is -2.37. The molecular weight excluding hydrogens is 214 g/mol. The van der Waals surface area contributed by atoms with Crippen LogP contribution in [-0.2, 0) is 11.3 Å². The van der Waals surface area contributed by atoms with Crippen LogP contribution in [0.25, 0.3) is 0 Å². The molecule has 0 spiro atoms. The zero-order valence-corrected chi connectivity index (χ0v) is 10.5. The number of hydrogen-bond acceptors (Lipinski definition) is 2. The maximum atomic E-state index is 11.9. The number of aryl methyl sites for hydroxylation is 1. The normalized spacial score (nSPS) is 17.4. The van der Waals surface area contributed by atoms with Gasteiger partial charge in [-0.25, -0.2) is 4.98 Å². The van der Waals surface area contributed by atoms with Crippen LogP contribution in [0.15, 0.2) is 18.7 Å². The molecule has 0 bridgehead atoms. The molecule has 0 N–H and O–H groups in total. The highest BCUT2D eigenvalue weighted by atomic mass is 16.2. The molecule has 94 valence electrons. The third kappa shape index (κ3) is 3.58. The lowest BCUT2D eigenvalue weighted by atomic mass is 9.99. The summed E-state index contributed by atoms with van der Waals surface area (Å²) < 4.78 is 2.02. The number of hydrogen-bond donors (Lipinski definition) is 0. The Kier molecular flexibility index (Phi) is 4.18. The molecule has 17 heavy (non-hydrogen) atoms. The van der Waals surface area contributed by atoms with Crippen molar-refractivity contribution >= 4 is 5.91 Å². The fourth-order valence-electron chi connectivity index (χ4n) is 2.25. The van der Waals surface area contributed by atoms with E-state index >= 15 is 0 Å². The predicted molar refractivity (Wildman–Crippen MR) is 66.4 cm³/mol. The molecule has 0 unspecified atom stereocenters. The SMILES string of the molecule is CC1CCN(C(=O)CCCn2ccnc2)CC1. The maximum Gasteiger partial charge on any atom is 0.222 e. The molecule has 1 aliphatic heterocycles. The Balaban J connectivity index is 1.67. The average molecular weight is 235 g/mol. The molecule has 0 atom stereocenters. The van der Waals surface area contributed by atoms with Gasteiger partial charge < -0.3 is 9.47 Å². The number of piperidine rings is 1. The highest BCUT2D eigenvalue weighted by Crippen LogP contribution is 2.16. The zero-order chi connectivity index (χ0) is 12.1. The van der Waals surface area contributed by atoms with E-state index in [1.54, 1.807) is 12.5 Å². The molecule has 1 saturated heterocycles. The zero-order valence-electron chi connectivity index (χ0n) is 10.5. The Hall–Kier alpha value is -1.32. The summed E-state index contributed by atoms with van der Waals surface area (Å²) in [5, 5.41) is 0. The van der Waals surface area contributed by atoms with Crippen molar-refractivity contribution in [3.05, 3.63) is 18.7 Å². The van der Waals surface area contributed by atoms with Crippen molar-refractivity contribution in [2.45, 2.75) is 39.2 Å². The second-order valence-corrected chi connectivity index (χ2v) is 4.97. The van der Waals surface area contributed by atoms with Crippen LogP contribution in [0.4, 0.5) is 0 Å². The van der Waals surface area contributed by atoms with Crippen molar-refractivity contribution in [1.29, 1.82) is 0 Å². The van der Waals surface area contributed by atoms with Gasteiger partial charge in [-0.3, -0.25) is 4.79 Å².